The molecular formula is C6H3F3INO. The van der Waals surface area contributed by atoms with E-state index in [1.165, 1.54) is 0 Å². The van der Waals surface area contributed by atoms with Gasteiger partial charge in [0.15, 0.2) is 5.75 Å². The summed E-state index contributed by atoms with van der Waals surface area (Å²) in [6.07, 6.45) is -2.83. The van der Waals surface area contributed by atoms with E-state index in [1.54, 1.807) is 22.6 Å². The van der Waals surface area contributed by atoms with Gasteiger partial charge in [-0.25, -0.2) is 13.8 Å². The molecule has 0 saturated carbocycles. The molecule has 12 heavy (non-hydrogen) atoms. The molecule has 0 radical (unpaired) electrons. The van der Waals surface area contributed by atoms with Crippen molar-refractivity contribution >= 4 is 22.6 Å². The van der Waals surface area contributed by atoms with E-state index in [0.717, 1.165) is 6.07 Å². The number of hydrogen-bond donors (Lipinski definition) is 1. The number of nitrogens with zero attached hydrogens (tertiary/aromatic N) is 1. The maximum atomic E-state index is 12.5. The second kappa shape index (κ2) is 3.46. The lowest BCUT2D eigenvalue weighted by atomic mass is 10.3. The van der Waals surface area contributed by atoms with E-state index < -0.39 is 23.8 Å². The van der Waals surface area contributed by atoms with Gasteiger partial charge in [-0.05, 0) is 28.7 Å². The summed E-state index contributed by atoms with van der Waals surface area (Å²) in [5.41, 5.74) is -0.672. The predicted molar refractivity (Wildman–Crippen MR) is 43.5 cm³/mol. The van der Waals surface area contributed by atoms with Crippen LogP contribution in [0.4, 0.5) is 13.2 Å². The Hall–Kier alpha value is -0.530. The van der Waals surface area contributed by atoms with Gasteiger partial charge in [0.1, 0.15) is 5.69 Å². The van der Waals surface area contributed by atoms with Crippen molar-refractivity contribution in [2.75, 3.05) is 0 Å². The highest BCUT2D eigenvalue weighted by Gasteiger charge is 2.15. The van der Waals surface area contributed by atoms with E-state index in [4.69, 9.17) is 5.11 Å². The molecule has 0 atom stereocenters. The summed E-state index contributed by atoms with van der Waals surface area (Å²) in [6.45, 7) is 0. The average Bonchev–Trinajstić information content (AvgIpc) is 1.99. The van der Waals surface area contributed by atoms with Crippen LogP contribution >= 0.6 is 22.6 Å². The number of aromatic hydroxyl groups is 1. The number of pyridine rings is 1. The summed E-state index contributed by atoms with van der Waals surface area (Å²) >= 11 is 1.55. The van der Waals surface area contributed by atoms with Gasteiger partial charge in [-0.15, -0.1) is 0 Å². The van der Waals surface area contributed by atoms with Crippen LogP contribution in [0.3, 0.4) is 0 Å². The highest BCUT2D eigenvalue weighted by atomic mass is 127. The van der Waals surface area contributed by atoms with Crippen molar-refractivity contribution in [3.05, 3.63) is 21.3 Å². The minimum atomic E-state index is -2.83. The number of rotatable bonds is 1. The lowest BCUT2D eigenvalue weighted by molar-refractivity contribution is 0.144. The third-order valence-electron chi connectivity index (χ3n) is 1.15. The molecule has 0 aliphatic rings. The van der Waals surface area contributed by atoms with Gasteiger partial charge in [-0.2, -0.15) is 4.39 Å². The minimum Gasteiger partial charge on any atom is -0.503 e. The van der Waals surface area contributed by atoms with Gasteiger partial charge >= 0.3 is 0 Å². The van der Waals surface area contributed by atoms with Gasteiger partial charge in [-0.1, -0.05) is 0 Å². The quantitative estimate of drug-likeness (QED) is 0.636. The van der Waals surface area contributed by atoms with E-state index in [-0.39, 0.29) is 3.57 Å². The Labute approximate surface area is 79.6 Å². The summed E-state index contributed by atoms with van der Waals surface area (Å²) in [5.74, 6) is -1.96. The normalized spacial score (nSPS) is 10.8. The minimum absolute atomic E-state index is 0.0235. The van der Waals surface area contributed by atoms with E-state index in [1.807, 2.05) is 0 Å². The molecule has 0 saturated heterocycles. The molecule has 1 heterocycles. The van der Waals surface area contributed by atoms with Crippen LogP contribution in [0.25, 0.3) is 0 Å². The average molecular weight is 289 g/mol. The molecule has 0 amide bonds. The van der Waals surface area contributed by atoms with Crippen LogP contribution in [0.1, 0.15) is 12.1 Å². The van der Waals surface area contributed by atoms with Gasteiger partial charge in [0.25, 0.3) is 12.4 Å². The summed E-state index contributed by atoms with van der Waals surface area (Å²) in [7, 11) is 0. The third-order valence-corrected chi connectivity index (χ3v) is 1.97. The number of alkyl halides is 2. The number of aromatic nitrogens is 1. The van der Waals surface area contributed by atoms with Crippen LogP contribution in [0.5, 0.6) is 5.75 Å². The zero-order chi connectivity index (χ0) is 9.30. The molecule has 1 N–H and O–H groups in total. The molecule has 0 aliphatic carbocycles. The Morgan fingerprint density at radius 1 is 1.50 bits per heavy atom. The van der Waals surface area contributed by atoms with Gasteiger partial charge < -0.3 is 5.11 Å². The fourth-order valence-electron chi connectivity index (χ4n) is 0.607. The summed E-state index contributed by atoms with van der Waals surface area (Å²) in [6, 6.07) is 0.934. The van der Waals surface area contributed by atoms with Crippen LogP contribution in [-0.4, -0.2) is 10.1 Å². The van der Waals surface area contributed by atoms with Crippen molar-refractivity contribution < 1.29 is 18.3 Å². The Kier molecular flexibility index (Phi) is 2.76. The van der Waals surface area contributed by atoms with Crippen molar-refractivity contribution in [1.29, 1.82) is 0 Å². The second-order valence-electron chi connectivity index (χ2n) is 1.97. The van der Waals surface area contributed by atoms with E-state index in [2.05, 4.69) is 4.98 Å². The summed E-state index contributed by atoms with van der Waals surface area (Å²) in [5, 5.41) is 8.82. The molecule has 2 nitrogen and oxygen atoms in total. The van der Waals surface area contributed by atoms with Crippen molar-refractivity contribution in [2.24, 2.45) is 0 Å². The predicted octanol–water partition coefficient (Wildman–Crippen LogP) is 2.47. The van der Waals surface area contributed by atoms with Crippen LogP contribution in [0.15, 0.2) is 6.07 Å². The first-order valence-corrected chi connectivity index (χ1v) is 3.93. The highest BCUT2D eigenvalue weighted by molar-refractivity contribution is 14.1. The van der Waals surface area contributed by atoms with Gasteiger partial charge in [0, 0.05) is 0 Å². The Morgan fingerprint density at radius 3 is 2.50 bits per heavy atom. The van der Waals surface area contributed by atoms with Crippen molar-refractivity contribution in [3.63, 3.8) is 0 Å². The van der Waals surface area contributed by atoms with Gasteiger partial charge in [-0.3, -0.25) is 0 Å². The molecular weight excluding hydrogens is 286 g/mol. The Bertz CT molecular complexity index is 282. The molecule has 0 fully saturated rings. The topological polar surface area (TPSA) is 33.1 Å². The van der Waals surface area contributed by atoms with Crippen molar-refractivity contribution in [3.8, 4) is 5.75 Å². The molecule has 0 aromatic carbocycles. The van der Waals surface area contributed by atoms with Gasteiger partial charge in [0.2, 0.25) is 0 Å². The molecule has 0 bridgehead atoms. The van der Waals surface area contributed by atoms with E-state index in [9.17, 15) is 13.2 Å². The van der Waals surface area contributed by atoms with Crippen molar-refractivity contribution in [2.45, 2.75) is 6.43 Å². The molecule has 66 valence electrons. The fraction of sp³-hybridized carbons (Fsp3) is 0.167. The molecule has 1 rings (SSSR count). The molecule has 0 unspecified atom stereocenters. The smallest absolute Gasteiger partial charge is 0.280 e. The summed E-state index contributed by atoms with van der Waals surface area (Å²) in [4.78, 5) is 2.86. The van der Waals surface area contributed by atoms with Crippen LogP contribution in [0.2, 0.25) is 0 Å². The largest absolute Gasteiger partial charge is 0.503 e. The van der Waals surface area contributed by atoms with Crippen molar-refractivity contribution in [1.82, 2.24) is 4.98 Å². The van der Waals surface area contributed by atoms with E-state index >= 15 is 0 Å². The first-order chi connectivity index (χ1) is 5.52. The van der Waals surface area contributed by atoms with Crippen LogP contribution in [-0.2, 0) is 0 Å². The highest BCUT2D eigenvalue weighted by Crippen LogP contribution is 2.26. The second-order valence-corrected chi connectivity index (χ2v) is 3.13. The zero-order valence-electron chi connectivity index (χ0n) is 5.56. The fourth-order valence-corrected chi connectivity index (χ4v) is 1.15. The van der Waals surface area contributed by atoms with Crippen LogP contribution < -0.4 is 0 Å². The summed E-state index contributed by atoms with van der Waals surface area (Å²) < 4.78 is 36.4. The Balaban J connectivity index is 3.21. The van der Waals surface area contributed by atoms with Gasteiger partial charge in [0.05, 0.1) is 3.57 Å². The lowest BCUT2D eigenvalue weighted by Gasteiger charge is -2.01. The maximum absolute atomic E-state index is 12.5. The first-order valence-electron chi connectivity index (χ1n) is 2.85. The first kappa shape index (κ1) is 9.56. The standard InChI is InChI=1S/C6H3F3INO/c7-5(8)3-1-2(10)4(12)6(9)11-3/h1,5,12H. The SMILES string of the molecule is Oc1c(I)cc(C(F)F)nc1F. The molecule has 6 heteroatoms. The molecule has 1 aromatic rings. The molecule has 1 aromatic heterocycles. The Morgan fingerprint density at radius 2 is 2.08 bits per heavy atom. The zero-order valence-corrected chi connectivity index (χ0v) is 7.72. The third kappa shape index (κ3) is 1.79. The maximum Gasteiger partial charge on any atom is 0.280 e. The van der Waals surface area contributed by atoms with Crippen LogP contribution in [0, 0.1) is 9.52 Å². The lowest BCUT2D eigenvalue weighted by Crippen LogP contribution is -1.95. The molecule has 0 aliphatic heterocycles. The number of hydrogen-bond acceptors (Lipinski definition) is 2. The van der Waals surface area contributed by atoms with E-state index in [0.29, 0.717) is 0 Å². The molecule has 0 spiro atoms. The monoisotopic (exact) mass is 289 g/mol. The number of halogens is 4.